The van der Waals surface area contributed by atoms with E-state index in [4.69, 9.17) is 5.41 Å². The number of para-hydroxylation sites is 2. The second-order valence-corrected chi connectivity index (χ2v) is 7.43. The highest BCUT2D eigenvalue weighted by Crippen LogP contribution is 2.15. The molecule has 0 atom stereocenters. The predicted molar refractivity (Wildman–Crippen MR) is 111 cm³/mol. The van der Waals surface area contributed by atoms with Crippen molar-refractivity contribution in [3.05, 3.63) is 64.2 Å². The first-order valence-corrected chi connectivity index (χ1v) is 10.1. The number of aryl methyl sites for hydroxylation is 2. The summed E-state index contributed by atoms with van der Waals surface area (Å²) >= 11 is 3.49. The van der Waals surface area contributed by atoms with Crippen LogP contribution in [0.5, 0.6) is 0 Å². The lowest BCUT2D eigenvalue weighted by Crippen LogP contribution is -2.32. The van der Waals surface area contributed by atoms with Gasteiger partial charge in [0, 0.05) is 24.1 Å². The Morgan fingerprint density at radius 2 is 1.46 bits per heavy atom. The molecule has 0 spiro atoms. The molecule has 0 aliphatic rings. The van der Waals surface area contributed by atoms with Gasteiger partial charge < -0.3 is 14.0 Å². The van der Waals surface area contributed by atoms with Crippen LogP contribution in [0.15, 0.2) is 53.0 Å². The molecule has 0 aliphatic heterocycles. The van der Waals surface area contributed by atoms with Crippen molar-refractivity contribution in [2.75, 3.05) is 19.6 Å². The maximum absolute atomic E-state index is 8.73. The van der Waals surface area contributed by atoms with E-state index in [1.807, 2.05) is 0 Å². The van der Waals surface area contributed by atoms with Gasteiger partial charge in [0.15, 0.2) is 0 Å². The van der Waals surface area contributed by atoms with Crippen molar-refractivity contribution in [3.8, 4) is 0 Å². The number of hydrogen-bond acceptors (Lipinski definition) is 2. The Bertz CT molecular complexity index is 904. The second-order valence-electron chi connectivity index (χ2n) is 6.52. The first-order valence-electron chi connectivity index (χ1n) is 9.33. The quantitative estimate of drug-likeness (QED) is 0.586. The number of rotatable bonds is 8. The molecule has 0 radical (unpaired) electrons. The molecule has 1 N–H and O–H groups in total. The zero-order valence-electron chi connectivity index (χ0n) is 15.6. The maximum Gasteiger partial charge on any atom is 0.203 e. The number of aromatic nitrogens is 2. The van der Waals surface area contributed by atoms with E-state index in [9.17, 15) is 0 Å². The van der Waals surface area contributed by atoms with Gasteiger partial charge in [0.05, 0.1) is 11.0 Å². The molecule has 3 rings (SSSR count). The molecule has 1 heterocycles. The Balaban J connectivity index is 1.86. The second kappa shape index (κ2) is 8.69. The summed E-state index contributed by atoms with van der Waals surface area (Å²) in [5.74, 6) is 0. The van der Waals surface area contributed by atoms with Crippen LogP contribution in [0.1, 0.15) is 19.4 Å². The van der Waals surface area contributed by atoms with Gasteiger partial charge >= 0.3 is 0 Å². The van der Waals surface area contributed by atoms with Gasteiger partial charge in [-0.25, -0.2) is 0 Å². The molecule has 138 valence electrons. The van der Waals surface area contributed by atoms with Crippen LogP contribution in [0.25, 0.3) is 11.0 Å². The Kier molecular flexibility index (Phi) is 6.33. The third-order valence-electron chi connectivity index (χ3n) is 5.05. The zero-order chi connectivity index (χ0) is 18.5. The molecule has 26 heavy (non-hydrogen) atoms. The standard InChI is InChI=1S/C21H27BrN4/c1-3-24(4-2)15-16-26-20-8-6-5-7-19(20)25(21(26)23)14-13-17-9-11-18(22)12-10-17/h5-12,23H,3-4,13-16H2,1-2H3. The van der Waals surface area contributed by atoms with Gasteiger partial charge in [0.2, 0.25) is 5.62 Å². The van der Waals surface area contributed by atoms with Crippen molar-refractivity contribution in [2.45, 2.75) is 33.4 Å². The Morgan fingerprint density at radius 1 is 0.885 bits per heavy atom. The van der Waals surface area contributed by atoms with Gasteiger partial charge in [-0.15, -0.1) is 0 Å². The average Bonchev–Trinajstić information content (AvgIpc) is 2.93. The highest BCUT2D eigenvalue weighted by Gasteiger charge is 2.11. The highest BCUT2D eigenvalue weighted by molar-refractivity contribution is 9.10. The summed E-state index contributed by atoms with van der Waals surface area (Å²) < 4.78 is 5.39. The Labute approximate surface area is 163 Å². The first-order chi connectivity index (χ1) is 12.6. The predicted octanol–water partition coefficient (Wildman–Crippen LogP) is 4.27. The smallest absolute Gasteiger partial charge is 0.203 e. The van der Waals surface area contributed by atoms with Crippen molar-refractivity contribution >= 4 is 27.0 Å². The van der Waals surface area contributed by atoms with Crippen molar-refractivity contribution in [2.24, 2.45) is 0 Å². The molecule has 0 aliphatic carbocycles. The Hall–Kier alpha value is -1.85. The zero-order valence-corrected chi connectivity index (χ0v) is 17.2. The van der Waals surface area contributed by atoms with Gasteiger partial charge in [0.1, 0.15) is 0 Å². The molecule has 0 unspecified atom stereocenters. The molecule has 3 aromatic rings. The lowest BCUT2D eigenvalue weighted by molar-refractivity contribution is 0.289. The van der Waals surface area contributed by atoms with E-state index in [1.54, 1.807) is 0 Å². The molecular formula is C21H27BrN4. The third-order valence-corrected chi connectivity index (χ3v) is 5.57. The van der Waals surface area contributed by atoms with Crippen LogP contribution in [0.3, 0.4) is 0 Å². The molecule has 0 bridgehead atoms. The van der Waals surface area contributed by atoms with E-state index in [1.165, 1.54) is 5.56 Å². The van der Waals surface area contributed by atoms with E-state index >= 15 is 0 Å². The maximum atomic E-state index is 8.73. The molecule has 0 saturated heterocycles. The molecular weight excluding hydrogens is 388 g/mol. The summed E-state index contributed by atoms with van der Waals surface area (Å²) in [4.78, 5) is 2.40. The van der Waals surface area contributed by atoms with Gasteiger partial charge in [-0.05, 0) is 49.3 Å². The van der Waals surface area contributed by atoms with E-state index in [-0.39, 0.29) is 0 Å². The summed E-state index contributed by atoms with van der Waals surface area (Å²) in [6.07, 6.45) is 0.924. The van der Waals surface area contributed by atoms with Crippen molar-refractivity contribution in [1.29, 1.82) is 5.41 Å². The van der Waals surface area contributed by atoms with E-state index in [0.29, 0.717) is 5.62 Å². The minimum atomic E-state index is 0.593. The topological polar surface area (TPSA) is 37.0 Å². The average molecular weight is 415 g/mol. The normalized spacial score (nSPS) is 11.5. The fourth-order valence-electron chi connectivity index (χ4n) is 3.42. The molecule has 2 aromatic carbocycles. The molecule has 1 aromatic heterocycles. The summed E-state index contributed by atoms with van der Waals surface area (Å²) in [5.41, 5.74) is 4.19. The molecule has 0 saturated carbocycles. The largest absolute Gasteiger partial charge is 0.310 e. The number of hydrogen-bond donors (Lipinski definition) is 1. The minimum absolute atomic E-state index is 0.593. The minimum Gasteiger partial charge on any atom is -0.310 e. The van der Waals surface area contributed by atoms with Gasteiger partial charge in [-0.3, -0.25) is 5.41 Å². The molecule has 4 nitrogen and oxygen atoms in total. The van der Waals surface area contributed by atoms with Crippen LogP contribution >= 0.6 is 15.9 Å². The number of benzene rings is 2. The van der Waals surface area contributed by atoms with Crippen LogP contribution in [-0.4, -0.2) is 33.7 Å². The molecule has 0 fully saturated rings. The van der Waals surface area contributed by atoms with E-state index in [2.05, 4.69) is 92.3 Å². The number of nitrogens with one attached hydrogen (secondary N) is 1. The third kappa shape index (κ3) is 4.10. The fraction of sp³-hybridized carbons (Fsp3) is 0.381. The van der Waals surface area contributed by atoms with Crippen LogP contribution in [-0.2, 0) is 19.5 Å². The van der Waals surface area contributed by atoms with Gasteiger partial charge in [-0.1, -0.05) is 54.0 Å². The van der Waals surface area contributed by atoms with Crippen molar-refractivity contribution < 1.29 is 0 Å². The molecule has 5 heteroatoms. The van der Waals surface area contributed by atoms with Gasteiger partial charge in [0.25, 0.3) is 0 Å². The summed E-state index contributed by atoms with van der Waals surface area (Å²) in [7, 11) is 0. The number of halogens is 1. The fourth-order valence-corrected chi connectivity index (χ4v) is 3.68. The molecule has 0 amide bonds. The van der Waals surface area contributed by atoms with Crippen molar-refractivity contribution in [3.63, 3.8) is 0 Å². The van der Waals surface area contributed by atoms with Crippen LogP contribution in [0.4, 0.5) is 0 Å². The monoisotopic (exact) mass is 414 g/mol. The van der Waals surface area contributed by atoms with Crippen LogP contribution < -0.4 is 5.62 Å². The lowest BCUT2D eigenvalue weighted by atomic mass is 10.1. The Morgan fingerprint density at radius 3 is 2.04 bits per heavy atom. The van der Waals surface area contributed by atoms with Crippen molar-refractivity contribution in [1.82, 2.24) is 14.0 Å². The SMILES string of the molecule is CCN(CC)CCn1c(=N)n(CCc2ccc(Br)cc2)c2ccccc21. The lowest BCUT2D eigenvalue weighted by Gasteiger charge is -2.18. The highest BCUT2D eigenvalue weighted by atomic mass is 79.9. The first kappa shape index (κ1) is 18.9. The van der Waals surface area contributed by atoms with E-state index in [0.717, 1.165) is 54.7 Å². The van der Waals surface area contributed by atoms with Gasteiger partial charge in [-0.2, -0.15) is 0 Å². The van der Waals surface area contributed by atoms with Crippen LogP contribution in [0.2, 0.25) is 0 Å². The number of fused-ring (bicyclic) bond motifs is 1. The number of likely N-dealkylation sites (N-methyl/N-ethyl adjacent to an activating group) is 1. The summed E-state index contributed by atoms with van der Waals surface area (Å²) in [6.45, 7) is 9.13. The van der Waals surface area contributed by atoms with Crippen LogP contribution in [0, 0.1) is 5.41 Å². The number of nitrogens with zero attached hydrogens (tertiary/aromatic N) is 3. The van der Waals surface area contributed by atoms with E-state index < -0.39 is 0 Å². The summed E-state index contributed by atoms with van der Waals surface area (Å²) in [6, 6.07) is 16.8. The summed E-state index contributed by atoms with van der Waals surface area (Å²) in [5, 5.41) is 8.73. The number of imidazole rings is 1.